The molecule has 0 unspecified atom stereocenters. The summed E-state index contributed by atoms with van der Waals surface area (Å²) in [5.74, 6) is 0.305. The zero-order valence-corrected chi connectivity index (χ0v) is 8.51. The van der Waals surface area contributed by atoms with Gasteiger partial charge in [0.1, 0.15) is 0 Å². The molecule has 2 nitrogen and oxygen atoms in total. The Morgan fingerprint density at radius 2 is 1.92 bits per heavy atom. The Hall–Kier alpha value is -0.790. The molecular weight excluding hydrogens is 150 g/mol. The molecule has 0 radical (unpaired) electrons. The second-order valence-corrected chi connectivity index (χ2v) is 4.58. The molecule has 0 aromatic heterocycles. The van der Waals surface area contributed by atoms with E-state index in [0.717, 1.165) is 0 Å². The van der Waals surface area contributed by atoms with Crippen molar-refractivity contribution in [2.45, 2.75) is 20.8 Å². The lowest BCUT2D eigenvalue weighted by molar-refractivity contribution is -0.129. The molecule has 0 aromatic rings. The molecular formula is C10H17NO. The van der Waals surface area contributed by atoms with Gasteiger partial charge in [0.15, 0.2) is 0 Å². The van der Waals surface area contributed by atoms with Crippen molar-refractivity contribution in [1.82, 2.24) is 4.90 Å². The number of nitrogens with zero attached hydrogens (tertiary/aromatic N) is 1. The highest BCUT2D eigenvalue weighted by Crippen LogP contribution is 2.43. The van der Waals surface area contributed by atoms with E-state index in [1.807, 2.05) is 0 Å². The van der Waals surface area contributed by atoms with Crippen LogP contribution in [0.2, 0.25) is 0 Å². The first-order valence-electron chi connectivity index (χ1n) is 4.27. The summed E-state index contributed by atoms with van der Waals surface area (Å²) in [6, 6.07) is 0. The van der Waals surface area contributed by atoms with E-state index in [4.69, 9.17) is 0 Å². The molecule has 0 heterocycles. The minimum absolute atomic E-state index is 0.0972. The highest BCUT2D eigenvalue weighted by atomic mass is 16.2. The van der Waals surface area contributed by atoms with Crippen molar-refractivity contribution in [2.75, 3.05) is 14.1 Å². The maximum Gasteiger partial charge on any atom is 0.233 e. The lowest BCUT2D eigenvalue weighted by Crippen LogP contribution is -2.25. The predicted octanol–water partition coefficient (Wildman–Crippen LogP) is 1.68. The number of hydrogen-bond acceptors (Lipinski definition) is 1. The Morgan fingerprint density at radius 1 is 1.42 bits per heavy atom. The number of amides is 1. The molecule has 2 heteroatoms. The molecule has 68 valence electrons. The normalized spacial score (nSPS) is 21.8. The Balaban J connectivity index is 2.52. The molecule has 0 aromatic carbocycles. The summed E-state index contributed by atoms with van der Waals surface area (Å²) in [4.78, 5) is 13.1. The number of carbonyl (C=O) groups is 1. The van der Waals surface area contributed by atoms with Gasteiger partial charge in [0.2, 0.25) is 5.91 Å². The third-order valence-corrected chi connectivity index (χ3v) is 2.15. The van der Waals surface area contributed by atoms with Gasteiger partial charge in [0, 0.05) is 14.1 Å². The molecule has 1 atom stereocenters. The fraction of sp³-hybridized carbons (Fsp3) is 0.700. The molecule has 1 amide bonds. The lowest BCUT2D eigenvalue weighted by atomic mass is 9.90. The van der Waals surface area contributed by atoms with E-state index in [1.54, 1.807) is 19.0 Å². The average molecular weight is 167 g/mol. The molecule has 0 saturated heterocycles. The molecule has 1 rings (SSSR count). The first-order chi connectivity index (χ1) is 5.34. The third kappa shape index (κ3) is 1.68. The Bertz CT molecular complexity index is 233. The fourth-order valence-corrected chi connectivity index (χ4v) is 1.33. The maximum absolute atomic E-state index is 11.4. The average Bonchev–Trinajstić information content (AvgIpc) is 2.61. The summed E-state index contributed by atoms with van der Waals surface area (Å²) in [6.07, 6.45) is 2.06. The Morgan fingerprint density at radius 3 is 2.17 bits per heavy atom. The Kier molecular flexibility index (Phi) is 2.02. The van der Waals surface area contributed by atoms with Crippen LogP contribution in [-0.2, 0) is 4.79 Å². The lowest BCUT2D eigenvalue weighted by Gasteiger charge is -2.17. The van der Waals surface area contributed by atoms with Crippen molar-refractivity contribution in [1.29, 1.82) is 0 Å². The van der Waals surface area contributed by atoms with Gasteiger partial charge in [-0.3, -0.25) is 4.79 Å². The second-order valence-electron chi connectivity index (χ2n) is 4.58. The van der Waals surface area contributed by atoms with Gasteiger partial charge in [-0.15, -0.1) is 0 Å². The van der Waals surface area contributed by atoms with Gasteiger partial charge in [-0.2, -0.15) is 0 Å². The smallest absolute Gasteiger partial charge is 0.233 e. The minimum Gasteiger partial charge on any atom is -0.348 e. The van der Waals surface area contributed by atoms with Crippen molar-refractivity contribution in [2.24, 2.45) is 11.3 Å². The summed E-state index contributed by atoms with van der Waals surface area (Å²) in [5.41, 5.74) is 1.44. The van der Waals surface area contributed by atoms with E-state index in [9.17, 15) is 4.79 Å². The van der Waals surface area contributed by atoms with Crippen LogP contribution in [0.25, 0.3) is 0 Å². The van der Waals surface area contributed by atoms with Crippen LogP contribution < -0.4 is 0 Å². The van der Waals surface area contributed by atoms with Gasteiger partial charge >= 0.3 is 0 Å². The number of rotatable bonds is 1. The molecule has 1 aliphatic carbocycles. The van der Waals surface area contributed by atoms with Crippen molar-refractivity contribution in [3.05, 3.63) is 11.6 Å². The van der Waals surface area contributed by atoms with Crippen LogP contribution in [-0.4, -0.2) is 24.9 Å². The first-order valence-corrected chi connectivity index (χ1v) is 4.27. The standard InChI is InChI=1S/C10H17NO/c1-10(2,3)8-6-7(8)9(12)11(4)5/h6-7H,1-5H3/t7-/m1/s1. The van der Waals surface area contributed by atoms with Gasteiger partial charge in [-0.25, -0.2) is 0 Å². The van der Waals surface area contributed by atoms with E-state index in [2.05, 4.69) is 26.8 Å². The van der Waals surface area contributed by atoms with Crippen LogP contribution in [0.5, 0.6) is 0 Å². The third-order valence-electron chi connectivity index (χ3n) is 2.15. The monoisotopic (exact) mass is 167 g/mol. The Labute approximate surface area is 74.2 Å². The van der Waals surface area contributed by atoms with Gasteiger partial charge < -0.3 is 4.90 Å². The van der Waals surface area contributed by atoms with Gasteiger partial charge in [0.05, 0.1) is 5.92 Å². The van der Waals surface area contributed by atoms with Crippen LogP contribution in [0, 0.1) is 11.3 Å². The van der Waals surface area contributed by atoms with Crippen molar-refractivity contribution in [3.63, 3.8) is 0 Å². The zero-order valence-electron chi connectivity index (χ0n) is 8.51. The molecule has 0 aliphatic heterocycles. The number of hydrogen-bond donors (Lipinski definition) is 0. The molecule has 1 aliphatic rings. The summed E-state index contributed by atoms with van der Waals surface area (Å²) in [7, 11) is 3.60. The van der Waals surface area contributed by atoms with Crippen LogP contribution in [0.3, 0.4) is 0 Å². The topological polar surface area (TPSA) is 20.3 Å². The fourth-order valence-electron chi connectivity index (χ4n) is 1.33. The molecule has 0 spiro atoms. The van der Waals surface area contributed by atoms with Gasteiger partial charge in [-0.05, 0) is 5.41 Å². The summed E-state index contributed by atoms with van der Waals surface area (Å²) >= 11 is 0. The van der Waals surface area contributed by atoms with E-state index in [0.29, 0.717) is 0 Å². The van der Waals surface area contributed by atoms with E-state index in [1.165, 1.54) is 5.57 Å². The summed E-state index contributed by atoms with van der Waals surface area (Å²) in [6.45, 7) is 6.42. The molecule has 0 saturated carbocycles. The first kappa shape index (κ1) is 9.30. The molecule has 0 bridgehead atoms. The van der Waals surface area contributed by atoms with E-state index in [-0.39, 0.29) is 17.2 Å². The van der Waals surface area contributed by atoms with Crippen LogP contribution in [0.15, 0.2) is 11.6 Å². The minimum atomic E-state index is 0.0972. The van der Waals surface area contributed by atoms with Crippen molar-refractivity contribution < 1.29 is 4.79 Å². The molecule has 0 fully saturated rings. The number of carbonyl (C=O) groups excluding carboxylic acids is 1. The summed E-state index contributed by atoms with van der Waals surface area (Å²) in [5, 5.41) is 0. The molecule has 12 heavy (non-hydrogen) atoms. The van der Waals surface area contributed by atoms with Crippen molar-refractivity contribution >= 4 is 5.91 Å². The largest absolute Gasteiger partial charge is 0.348 e. The highest BCUT2D eigenvalue weighted by Gasteiger charge is 2.39. The van der Waals surface area contributed by atoms with Crippen LogP contribution in [0.1, 0.15) is 20.8 Å². The summed E-state index contributed by atoms with van der Waals surface area (Å²) < 4.78 is 0. The van der Waals surface area contributed by atoms with E-state index < -0.39 is 0 Å². The van der Waals surface area contributed by atoms with Gasteiger partial charge in [-0.1, -0.05) is 32.4 Å². The second kappa shape index (κ2) is 2.61. The highest BCUT2D eigenvalue weighted by molar-refractivity contribution is 5.88. The SMILES string of the molecule is CN(C)C(=O)[C@@H]1C=C1C(C)(C)C. The predicted molar refractivity (Wildman–Crippen MR) is 49.7 cm³/mol. The quantitative estimate of drug-likeness (QED) is 0.544. The van der Waals surface area contributed by atoms with Crippen LogP contribution >= 0.6 is 0 Å². The maximum atomic E-state index is 11.4. The van der Waals surface area contributed by atoms with E-state index >= 15 is 0 Å². The van der Waals surface area contributed by atoms with Gasteiger partial charge in [0.25, 0.3) is 0 Å². The van der Waals surface area contributed by atoms with Crippen molar-refractivity contribution in [3.8, 4) is 0 Å². The zero-order chi connectivity index (χ0) is 9.52. The molecule has 0 N–H and O–H groups in total. The van der Waals surface area contributed by atoms with Crippen LogP contribution in [0.4, 0.5) is 0 Å².